The molecule has 0 aliphatic carbocycles. The van der Waals surface area contributed by atoms with E-state index in [0.29, 0.717) is 0 Å². The number of rotatable bonds is 2. The van der Waals surface area contributed by atoms with E-state index in [9.17, 15) is 17.6 Å². The second-order valence-electron chi connectivity index (χ2n) is 5.88. The third kappa shape index (κ3) is 4.57. The van der Waals surface area contributed by atoms with Gasteiger partial charge in [-0.25, -0.2) is 9.18 Å². The molecule has 0 saturated carbocycles. The molecule has 0 aliphatic heterocycles. The molecule has 2 heterocycles. The fourth-order valence-corrected chi connectivity index (χ4v) is 2.66. The van der Waals surface area contributed by atoms with Gasteiger partial charge in [-0.15, -0.1) is 0 Å². The van der Waals surface area contributed by atoms with Gasteiger partial charge >= 0.3 is 12.1 Å². The molecule has 4 rings (SSSR count). The van der Waals surface area contributed by atoms with E-state index in [4.69, 9.17) is 9.90 Å². The lowest BCUT2D eigenvalue weighted by molar-refractivity contribution is -0.192. The number of nitrogens with one attached hydrogen (secondary N) is 1. The van der Waals surface area contributed by atoms with Crippen molar-refractivity contribution in [3.05, 3.63) is 72.9 Å². The summed E-state index contributed by atoms with van der Waals surface area (Å²) in [6, 6.07) is 14.5. The summed E-state index contributed by atoms with van der Waals surface area (Å²) in [5.41, 5.74) is 3.71. The van der Waals surface area contributed by atoms with Gasteiger partial charge in [0.15, 0.2) is 0 Å². The van der Waals surface area contributed by atoms with Crippen molar-refractivity contribution in [2.24, 2.45) is 0 Å². The SMILES string of the molecule is Fc1ccc(-c2[nH]ncc2-c2cncc3ccccc23)cc1.O=C(O)C(F)(F)F. The second-order valence-corrected chi connectivity index (χ2v) is 5.88. The number of H-pyrrole nitrogens is 1. The number of halogens is 4. The van der Waals surface area contributed by atoms with Crippen LogP contribution in [0.5, 0.6) is 0 Å². The Labute approximate surface area is 161 Å². The largest absolute Gasteiger partial charge is 0.490 e. The van der Waals surface area contributed by atoms with Gasteiger partial charge in [0.05, 0.1) is 11.9 Å². The van der Waals surface area contributed by atoms with E-state index >= 15 is 0 Å². The van der Waals surface area contributed by atoms with Crippen LogP contribution in [-0.4, -0.2) is 32.4 Å². The van der Waals surface area contributed by atoms with E-state index in [1.807, 2.05) is 30.6 Å². The van der Waals surface area contributed by atoms with E-state index in [-0.39, 0.29) is 5.82 Å². The number of aliphatic carboxylic acids is 1. The molecule has 9 heteroatoms. The van der Waals surface area contributed by atoms with Crippen LogP contribution < -0.4 is 0 Å². The molecule has 0 bridgehead atoms. The molecule has 148 valence electrons. The summed E-state index contributed by atoms with van der Waals surface area (Å²) in [7, 11) is 0. The highest BCUT2D eigenvalue weighted by atomic mass is 19.4. The first-order valence-corrected chi connectivity index (χ1v) is 8.20. The molecule has 0 radical (unpaired) electrons. The lowest BCUT2D eigenvalue weighted by Crippen LogP contribution is -2.21. The summed E-state index contributed by atoms with van der Waals surface area (Å²) < 4.78 is 44.9. The summed E-state index contributed by atoms with van der Waals surface area (Å²) >= 11 is 0. The zero-order valence-corrected chi connectivity index (χ0v) is 14.6. The quantitative estimate of drug-likeness (QED) is 0.459. The molecule has 0 atom stereocenters. The minimum absolute atomic E-state index is 0.253. The number of aromatic amines is 1. The molecular weight excluding hydrogens is 390 g/mol. The molecule has 4 aromatic rings. The predicted octanol–water partition coefficient (Wildman–Crippen LogP) is 5.06. The fraction of sp³-hybridized carbons (Fsp3) is 0.0500. The van der Waals surface area contributed by atoms with Gasteiger partial charge in [-0.05, 0) is 29.7 Å². The maximum absolute atomic E-state index is 13.1. The third-order valence-corrected chi connectivity index (χ3v) is 3.97. The zero-order valence-electron chi connectivity index (χ0n) is 14.6. The highest BCUT2D eigenvalue weighted by Crippen LogP contribution is 2.34. The van der Waals surface area contributed by atoms with Crippen LogP contribution in [0.4, 0.5) is 17.6 Å². The molecule has 0 amide bonds. The van der Waals surface area contributed by atoms with E-state index in [1.54, 1.807) is 18.3 Å². The van der Waals surface area contributed by atoms with Crippen LogP contribution in [0.25, 0.3) is 33.2 Å². The average molecular weight is 403 g/mol. The van der Waals surface area contributed by atoms with Gasteiger partial charge in [-0.1, -0.05) is 24.3 Å². The molecule has 5 nitrogen and oxygen atoms in total. The molecule has 0 saturated heterocycles. The highest BCUT2D eigenvalue weighted by Gasteiger charge is 2.38. The maximum atomic E-state index is 13.1. The van der Waals surface area contributed by atoms with E-state index < -0.39 is 12.1 Å². The van der Waals surface area contributed by atoms with Crippen LogP contribution in [0.1, 0.15) is 0 Å². The minimum Gasteiger partial charge on any atom is -0.475 e. The van der Waals surface area contributed by atoms with Crippen molar-refractivity contribution in [1.29, 1.82) is 0 Å². The van der Waals surface area contributed by atoms with Crippen LogP contribution in [0.3, 0.4) is 0 Å². The molecule has 29 heavy (non-hydrogen) atoms. The molecular formula is C20H13F4N3O2. The first-order valence-electron chi connectivity index (χ1n) is 8.20. The Morgan fingerprint density at radius 2 is 1.59 bits per heavy atom. The number of hydrogen-bond donors (Lipinski definition) is 2. The van der Waals surface area contributed by atoms with Gasteiger partial charge in [0.25, 0.3) is 0 Å². The van der Waals surface area contributed by atoms with Crippen LogP contribution in [0, 0.1) is 5.82 Å². The first-order chi connectivity index (χ1) is 13.8. The van der Waals surface area contributed by atoms with Crippen LogP contribution in [0.15, 0.2) is 67.1 Å². The number of fused-ring (bicyclic) bond motifs is 1. The summed E-state index contributed by atoms with van der Waals surface area (Å²) in [5, 5.41) is 16.5. The Morgan fingerprint density at radius 1 is 0.931 bits per heavy atom. The average Bonchev–Trinajstić information content (AvgIpc) is 3.17. The smallest absolute Gasteiger partial charge is 0.475 e. The number of alkyl halides is 3. The number of nitrogens with zero attached hydrogens (tertiary/aromatic N) is 2. The van der Waals surface area contributed by atoms with Gasteiger partial charge in [0, 0.05) is 34.5 Å². The van der Waals surface area contributed by atoms with Crippen LogP contribution in [-0.2, 0) is 4.79 Å². The van der Waals surface area contributed by atoms with Gasteiger partial charge in [0.2, 0.25) is 0 Å². The number of aromatic nitrogens is 3. The number of hydrogen-bond acceptors (Lipinski definition) is 3. The molecule has 0 spiro atoms. The van der Waals surface area contributed by atoms with E-state index in [0.717, 1.165) is 33.2 Å². The van der Waals surface area contributed by atoms with Crippen molar-refractivity contribution < 1.29 is 27.5 Å². The standard InChI is InChI=1S/C18H12FN3.C2HF3O2/c19-14-7-5-12(6-8-14)18-17(11-21-22-18)16-10-20-9-13-3-1-2-4-15(13)16;3-2(4,5)1(6)7/h1-11H,(H,21,22);(H,6,7). The maximum Gasteiger partial charge on any atom is 0.490 e. The van der Waals surface area contributed by atoms with Crippen molar-refractivity contribution in [3.8, 4) is 22.4 Å². The minimum atomic E-state index is -5.08. The number of carboxylic acids is 1. The Hall–Kier alpha value is -3.75. The topological polar surface area (TPSA) is 78.9 Å². The van der Waals surface area contributed by atoms with Crippen molar-refractivity contribution in [2.45, 2.75) is 6.18 Å². The van der Waals surface area contributed by atoms with E-state index in [2.05, 4.69) is 21.2 Å². The Kier molecular flexibility index (Phi) is 5.58. The lowest BCUT2D eigenvalue weighted by Gasteiger charge is -2.07. The summed E-state index contributed by atoms with van der Waals surface area (Å²) in [5.74, 6) is -3.01. The lowest BCUT2D eigenvalue weighted by atomic mass is 9.99. The summed E-state index contributed by atoms with van der Waals surface area (Å²) in [6.45, 7) is 0. The number of carboxylic acid groups (broad SMARTS) is 1. The molecule has 0 fully saturated rings. The summed E-state index contributed by atoms with van der Waals surface area (Å²) in [4.78, 5) is 13.2. The van der Waals surface area contributed by atoms with Gasteiger partial charge in [-0.2, -0.15) is 18.3 Å². The second kappa shape index (κ2) is 8.09. The summed E-state index contributed by atoms with van der Waals surface area (Å²) in [6.07, 6.45) is 0.374. The van der Waals surface area contributed by atoms with Crippen LogP contribution >= 0.6 is 0 Å². The zero-order chi connectivity index (χ0) is 21.0. The fourth-order valence-electron chi connectivity index (χ4n) is 2.66. The highest BCUT2D eigenvalue weighted by molar-refractivity contribution is 5.98. The Morgan fingerprint density at radius 3 is 2.24 bits per heavy atom. The van der Waals surface area contributed by atoms with Gasteiger partial charge in [-0.3, -0.25) is 10.1 Å². The predicted molar refractivity (Wildman–Crippen MR) is 98.4 cm³/mol. The monoisotopic (exact) mass is 403 g/mol. The third-order valence-electron chi connectivity index (χ3n) is 3.97. The van der Waals surface area contributed by atoms with Crippen LogP contribution in [0.2, 0.25) is 0 Å². The first kappa shape index (κ1) is 20.0. The van der Waals surface area contributed by atoms with Crippen molar-refractivity contribution in [2.75, 3.05) is 0 Å². The molecule has 0 unspecified atom stereocenters. The van der Waals surface area contributed by atoms with Crippen molar-refractivity contribution in [3.63, 3.8) is 0 Å². The van der Waals surface area contributed by atoms with Crippen molar-refractivity contribution >= 4 is 16.7 Å². The normalized spacial score (nSPS) is 11.0. The van der Waals surface area contributed by atoms with E-state index in [1.165, 1.54) is 12.1 Å². The molecule has 2 N–H and O–H groups in total. The Bertz CT molecular complexity index is 1130. The Balaban J connectivity index is 0.000000298. The molecule has 2 aromatic carbocycles. The van der Waals surface area contributed by atoms with Crippen molar-refractivity contribution in [1.82, 2.24) is 15.2 Å². The number of carbonyl (C=O) groups is 1. The van der Waals surface area contributed by atoms with Gasteiger partial charge < -0.3 is 5.11 Å². The number of benzene rings is 2. The van der Waals surface area contributed by atoms with Gasteiger partial charge in [0.1, 0.15) is 5.82 Å². The number of pyridine rings is 1. The molecule has 0 aliphatic rings. The molecule has 2 aromatic heterocycles.